The van der Waals surface area contributed by atoms with Crippen molar-refractivity contribution in [2.45, 2.75) is 6.42 Å². The fourth-order valence-electron chi connectivity index (χ4n) is 1.82. The summed E-state index contributed by atoms with van der Waals surface area (Å²) < 4.78 is 34.5. The van der Waals surface area contributed by atoms with Gasteiger partial charge in [-0.2, -0.15) is 0 Å². The topological polar surface area (TPSA) is 104 Å². The van der Waals surface area contributed by atoms with Crippen LogP contribution in [0.3, 0.4) is 0 Å². The molecule has 0 atom stereocenters. The minimum atomic E-state index is -4.72. The molecule has 1 aromatic rings. The van der Waals surface area contributed by atoms with Crippen LogP contribution < -0.4 is 29.6 Å². The minimum absolute atomic E-state index is 0. The van der Waals surface area contributed by atoms with Crippen LogP contribution >= 0.6 is 12.0 Å². The summed E-state index contributed by atoms with van der Waals surface area (Å²) in [6.45, 7) is 0.140. The summed E-state index contributed by atoms with van der Waals surface area (Å²) >= 11 is 0.480. The summed E-state index contributed by atoms with van der Waals surface area (Å²) in [6, 6.07) is 6.52. The number of hydrogen-bond donors (Lipinski definition) is 0. The van der Waals surface area contributed by atoms with Crippen molar-refractivity contribution < 1.29 is 55.7 Å². The molecule has 0 unspecified atom stereocenters. The molecule has 1 heterocycles. The molecule has 2 amide bonds. The van der Waals surface area contributed by atoms with Crippen LogP contribution in [0.15, 0.2) is 24.3 Å². The Hall–Kier alpha value is -0.420. The molecule has 0 spiro atoms. The van der Waals surface area contributed by atoms with Crippen molar-refractivity contribution in [1.29, 1.82) is 0 Å². The molecule has 1 aliphatic rings. The zero-order chi connectivity index (χ0) is 14.8. The molecule has 1 aromatic carbocycles. The second-order valence-electron chi connectivity index (χ2n) is 3.96. The van der Waals surface area contributed by atoms with E-state index in [4.69, 9.17) is 0 Å². The van der Waals surface area contributed by atoms with Crippen molar-refractivity contribution in [3.05, 3.63) is 35.4 Å². The van der Waals surface area contributed by atoms with Crippen LogP contribution in [0.1, 0.15) is 27.1 Å². The van der Waals surface area contributed by atoms with Gasteiger partial charge in [0, 0.05) is 24.3 Å². The third-order valence-electron chi connectivity index (χ3n) is 2.62. The quantitative estimate of drug-likeness (QED) is 0.145. The van der Waals surface area contributed by atoms with Gasteiger partial charge in [0.15, 0.2) is 0 Å². The van der Waals surface area contributed by atoms with Crippen LogP contribution in [-0.2, 0) is 14.0 Å². The molecule has 0 aromatic heterocycles. The van der Waals surface area contributed by atoms with Crippen LogP contribution in [0.2, 0.25) is 0 Å². The zero-order valence-electron chi connectivity index (χ0n) is 11.1. The van der Waals surface area contributed by atoms with E-state index >= 15 is 0 Å². The van der Waals surface area contributed by atoms with E-state index in [2.05, 4.69) is 3.63 Å². The molecule has 0 aliphatic carbocycles. The average molecular weight is 339 g/mol. The maximum atomic E-state index is 12.0. The number of carbonyl (C=O) groups excluding carboxylic acids is 2. The number of nitrogens with zero attached hydrogens (tertiary/aromatic N) is 1. The Balaban J connectivity index is 0.00000220. The molecule has 0 bridgehead atoms. The molecule has 0 saturated heterocycles. The van der Waals surface area contributed by atoms with Gasteiger partial charge in [0.1, 0.15) is 0 Å². The molecule has 10 heteroatoms. The predicted molar refractivity (Wildman–Crippen MR) is 69.7 cm³/mol. The third kappa shape index (κ3) is 4.78. The van der Waals surface area contributed by atoms with Gasteiger partial charge in [-0.05, 0) is 18.6 Å². The molecule has 7 nitrogen and oxygen atoms in total. The van der Waals surface area contributed by atoms with Crippen LogP contribution in [0.5, 0.6) is 0 Å². The Morgan fingerprint density at radius 2 is 1.67 bits per heavy atom. The van der Waals surface area contributed by atoms with E-state index in [0.717, 1.165) is 4.90 Å². The molecule has 1 aliphatic heterocycles. The van der Waals surface area contributed by atoms with Gasteiger partial charge in [-0.15, -0.1) is 0 Å². The summed E-state index contributed by atoms with van der Waals surface area (Å²) in [5.41, 5.74) is 0.729. The van der Waals surface area contributed by atoms with Crippen molar-refractivity contribution in [2.75, 3.05) is 12.3 Å². The van der Waals surface area contributed by atoms with E-state index in [1.165, 1.54) is 0 Å². The van der Waals surface area contributed by atoms with Gasteiger partial charge in [0.05, 0.1) is 11.1 Å². The second kappa shape index (κ2) is 7.73. The Labute approximate surface area is 148 Å². The third-order valence-corrected chi connectivity index (χ3v) is 4.13. The van der Waals surface area contributed by atoms with E-state index in [1.54, 1.807) is 24.3 Å². The van der Waals surface area contributed by atoms with E-state index in [1.807, 2.05) is 0 Å². The monoisotopic (exact) mass is 339 g/mol. The number of hydrogen-bond acceptors (Lipinski definition) is 7. The molecule has 0 saturated carbocycles. The van der Waals surface area contributed by atoms with Crippen LogP contribution in [0.4, 0.5) is 0 Å². The first-order valence-corrected chi connectivity index (χ1v) is 7.87. The van der Waals surface area contributed by atoms with Crippen molar-refractivity contribution in [1.82, 2.24) is 4.90 Å². The summed E-state index contributed by atoms with van der Waals surface area (Å²) in [7, 11) is -4.72. The number of amides is 2. The molecule has 0 radical (unpaired) electrons. The molecule has 108 valence electrons. The zero-order valence-corrected chi connectivity index (χ0v) is 14.8. The first-order valence-electron chi connectivity index (χ1n) is 5.62. The normalized spacial score (nSPS) is 14.0. The number of benzene rings is 1. The van der Waals surface area contributed by atoms with E-state index < -0.39 is 10.4 Å². The Morgan fingerprint density at radius 3 is 2.14 bits per heavy atom. The summed E-state index contributed by atoms with van der Waals surface area (Å²) in [5, 5.41) is 0. The Kier molecular flexibility index (Phi) is 6.85. The molecule has 0 N–H and O–H groups in total. The van der Waals surface area contributed by atoms with E-state index in [9.17, 15) is 22.6 Å². The number of fused-ring (bicyclic) bond motifs is 1. The van der Waals surface area contributed by atoms with Crippen LogP contribution in [-0.4, -0.2) is 42.0 Å². The number of rotatable bonds is 6. The first kappa shape index (κ1) is 18.6. The van der Waals surface area contributed by atoms with Crippen molar-refractivity contribution in [3.63, 3.8) is 0 Å². The maximum absolute atomic E-state index is 12.0. The van der Waals surface area contributed by atoms with Crippen molar-refractivity contribution in [3.8, 4) is 0 Å². The smallest absolute Gasteiger partial charge is 0.725 e. The van der Waals surface area contributed by atoms with Crippen molar-refractivity contribution in [2.24, 2.45) is 0 Å². The van der Waals surface area contributed by atoms with Gasteiger partial charge in [-0.25, -0.2) is 12.0 Å². The molecular formula is C11H10NNaO6S2. The molecule has 2 rings (SSSR count). The average Bonchev–Trinajstić information content (AvgIpc) is 2.62. The number of carbonyl (C=O) groups is 2. The summed E-state index contributed by atoms with van der Waals surface area (Å²) in [6.07, 6.45) is 0.325. The summed E-state index contributed by atoms with van der Waals surface area (Å²) in [5.74, 6) is -0.560. The van der Waals surface area contributed by atoms with Crippen LogP contribution in [0, 0.1) is 0 Å². The maximum Gasteiger partial charge on any atom is 1.00 e. The SMILES string of the molecule is O=C1c2ccccc2C(=O)N1CCCSOS(=O)(=O)[O-].[Na+]. The van der Waals surface area contributed by atoms with Gasteiger partial charge in [0.2, 0.25) is 10.4 Å². The molecule has 21 heavy (non-hydrogen) atoms. The molecular weight excluding hydrogens is 329 g/mol. The van der Waals surface area contributed by atoms with Crippen molar-refractivity contribution >= 4 is 34.3 Å². The van der Waals surface area contributed by atoms with Gasteiger partial charge in [-0.3, -0.25) is 14.5 Å². The van der Waals surface area contributed by atoms with E-state index in [0.29, 0.717) is 29.6 Å². The Bertz CT molecular complexity index is 613. The minimum Gasteiger partial charge on any atom is -0.725 e. The van der Waals surface area contributed by atoms with Gasteiger partial charge in [0.25, 0.3) is 11.8 Å². The fourth-order valence-corrected chi connectivity index (χ4v) is 2.81. The van der Waals surface area contributed by atoms with E-state index in [-0.39, 0.29) is 53.7 Å². The largest absolute Gasteiger partial charge is 1.00 e. The first-order chi connectivity index (χ1) is 9.40. The summed E-state index contributed by atoms with van der Waals surface area (Å²) in [4.78, 5) is 25.0. The fraction of sp³-hybridized carbons (Fsp3) is 0.273. The standard InChI is InChI=1S/C11H11NO6S2.Na/c13-10-8-4-1-2-5-9(8)11(14)12(10)6-3-7-19-18-20(15,16)17;/h1-2,4-5H,3,6-7H2,(H,15,16,17);/q;+1/p-1. The predicted octanol–water partition coefficient (Wildman–Crippen LogP) is -2.20. The Morgan fingerprint density at radius 1 is 1.14 bits per heavy atom. The van der Waals surface area contributed by atoms with Gasteiger partial charge in [-0.1, -0.05) is 12.1 Å². The van der Waals surface area contributed by atoms with Crippen LogP contribution in [0.25, 0.3) is 0 Å². The van der Waals surface area contributed by atoms with Gasteiger partial charge >= 0.3 is 29.6 Å². The molecule has 0 fully saturated rings. The van der Waals surface area contributed by atoms with Gasteiger partial charge < -0.3 is 4.55 Å². The number of imide groups is 1. The second-order valence-corrected chi connectivity index (χ2v) is 5.96.